The van der Waals surface area contributed by atoms with Crippen molar-refractivity contribution in [3.63, 3.8) is 0 Å². The molecule has 0 aliphatic carbocycles. The van der Waals surface area contributed by atoms with E-state index >= 15 is 0 Å². The molecule has 0 atom stereocenters. The van der Waals surface area contributed by atoms with Crippen LogP contribution in [-0.4, -0.2) is 37.0 Å². The van der Waals surface area contributed by atoms with E-state index in [9.17, 15) is 14.4 Å². The van der Waals surface area contributed by atoms with Gasteiger partial charge in [-0.25, -0.2) is 4.39 Å². The highest BCUT2D eigenvalue weighted by Crippen LogP contribution is 2.19. The Morgan fingerprint density at radius 3 is 2.46 bits per heavy atom. The second-order valence-corrected chi connectivity index (χ2v) is 6.58. The van der Waals surface area contributed by atoms with E-state index in [-0.39, 0.29) is 17.3 Å². The molecule has 1 amide bonds. The zero-order valence-corrected chi connectivity index (χ0v) is 15.9. The van der Waals surface area contributed by atoms with Gasteiger partial charge in [0.2, 0.25) is 0 Å². The summed E-state index contributed by atoms with van der Waals surface area (Å²) in [7, 11) is 0. The van der Waals surface area contributed by atoms with Crippen LogP contribution in [-0.2, 0) is 11.2 Å². The third-order valence-corrected chi connectivity index (χ3v) is 4.88. The van der Waals surface area contributed by atoms with Crippen LogP contribution in [0.4, 0.5) is 15.8 Å². The number of nitrogens with zero attached hydrogens (tertiary/aromatic N) is 3. The van der Waals surface area contributed by atoms with Crippen molar-refractivity contribution in [2.75, 3.05) is 36.4 Å². The molecular weight excluding hydrogens is 355 g/mol. The van der Waals surface area contributed by atoms with Crippen LogP contribution in [0.15, 0.2) is 60.3 Å². The number of hydrogen-bond donors (Lipinski definition) is 1. The number of aryl methyl sites for hydroxylation is 1. The Bertz CT molecular complexity index is 893. The molecule has 1 saturated heterocycles. The number of benzene rings is 2. The molecule has 6 heteroatoms. The van der Waals surface area contributed by atoms with Crippen molar-refractivity contribution < 1.29 is 9.18 Å². The summed E-state index contributed by atoms with van der Waals surface area (Å²) >= 11 is 0. The molecule has 5 nitrogen and oxygen atoms in total. The van der Waals surface area contributed by atoms with Crippen LogP contribution < -0.4 is 10.2 Å². The van der Waals surface area contributed by atoms with Crippen molar-refractivity contribution >= 4 is 17.3 Å². The SMILES string of the molecule is CCc1ccccc1N/C=C(/C#N)C(=O)N1CCN(c2ccc(F)cc2)CC1. The van der Waals surface area contributed by atoms with Crippen LogP contribution in [0.3, 0.4) is 0 Å². The smallest absolute Gasteiger partial charge is 0.266 e. The molecule has 1 aliphatic rings. The summed E-state index contributed by atoms with van der Waals surface area (Å²) in [4.78, 5) is 16.5. The molecule has 2 aromatic carbocycles. The predicted octanol–water partition coefficient (Wildman–Crippen LogP) is 3.56. The third kappa shape index (κ3) is 4.49. The Labute approximate surface area is 164 Å². The monoisotopic (exact) mass is 378 g/mol. The number of piperazine rings is 1. The number of carbonyl (C=O) groups is 1. The Kier molecular flexibility index (Phi) is 6.28. The van der Waals surface area contributed by atoms with Gasteiger partial charge in [0.25, 0.3) is 5.91 Å². The zero-order valence-electron chi connectivity index (χ0n) is 15.9. The van der Waals surface area contributed by atoms with Crippen LogP contribution in [0.2, 0.25) is 0 Å². The molecule has 144 valence electrons. The van der Waals surface area contributed by atoms with E-state index in [2.05, 4.69) is 17.1 Å². The summed E-state index contributed by atoms with van der Waals surface area (Å²) in [6, 6.07) is 16.2. The van der Waals surface area contributed by atoms with Crippen LogP contribution >= 0.6 is 0 Å². The maximum absolute atomic E-state index is 13.1. The Balaban J connectivity index is 1.62. The van der Waals surface area contributed by atoms with Crippen molar-refractivity contribution in [3.8, 4) is 6.07 Å². The average molecular weight is 378 g/mol. The normalized spacial score (nSPS) is 14.5. The summed E-state index contributed by atoms with van der Waals surface area (Å²) in [5.41, 5.74) is 3.03. The molecule has 28 heavy (non-hydrogen) atoms. The van der Waals surface area contributed by atoms with Crippen molar-refractivity contribution in [2.45, 2.75) is 13.3 Å². The average Bonchev–Trinajstić information content (AvgIpc) is 2.75. The van der Waals surface area contributed by atoms with Gasteiger partial charge >= 0.3 is 0 Å². The van der Waals surface area contributed by atoms with Crippen LogP contribution in [0, 0.1) is 17.1 Å². The summed E-state index contributed by atoms with van der Waals surface area (Å²) < 4.78 is 13.1. The van der Waals surface area contributed by atoms with Gasteiger partial charge in [0.1, 0.15) is 17.5 Å². The topological polar surface area (TPSA) is 59.4 Å². The molecule has 0 aromatic heterocycles. The first-order valence-corrected chi connectivity index (χ1v) is 9.37. The van der Waals surface area contributed by atoms with Crippen molar-refractivity contribution in [1.82, 2.24) is 4.90 Å². The van der Waals surface area contributed by atoms with Gasteiger partial charge in [-0.1, -0.05) is 25.1 Å². The first-order valence-electron chi connectivity index (χ1n) is 9.37. The van der Waals surface area contributed by atoms with Gasteiger partial charge in [-0.05, 0) is 42.3 Å². The first kappa shape index (κ1) is 19.4. The summed E-state index contributed by atoms with van der Waals surface area (Å²) in [6.45, 7) is 4.37. The molecular formula is C22H23FN4O. The molecule has 1 heterocycles. The van der Waals surface area contributed by atoms with Crippen molar-refractivity contribution in [3.05, 3.63) is 71.7 Å². The first-order chi connectivity index (χ1) is 13.6. The fraction of sp³-hybridized carbons (Fsp3) is 0.273. The van der Waals surface area contributed by atoms with Crippen molar-refractivity contribution in [2.24, 2.45) is 0 Å². The van der Waals surface area contributed by atoms with E-state index in [4.69, 9.17) is 0 Å². The highest BCUT2D eigenvalue weighted by molar-refractivity contribution is 5.97. The Morgan fingerprint density at radius 1 is 1.14 bits per heavy atom. The minimum absolute atomic E-state index is 0.0844. The molecule has 1 N–H and O–H groups in total. The molecule has 0 spiro atoms. The summed E-state index contributed by atoms with van der Waals surface area (Å²) in [5.74, 6) is -0.541. The van der Waals surface area contributed by atoms with Gasteiger partial charge in [-0.2, -0.15) is 5.26 Å². The zero-order chi connectivity index (χ0) is 19.9. The van der Waals surface area contributed by atoms with Crippen molar-refractivity contribution in [1.29, 1.82) is 5.26 Å². The second-order valence-electron chi connectivity index (χ2n) is 6.58. The number of nitrogens with one attached hydrogen (secondary N) is 1. The third-order valence-electron chi connectivity index (χ3n) is 4.88. The van der Waals surface area contributed by atoms with E-state index in [1.807, 2.05) is 30.3 Å². The summed E-state index contributed by atoms with van der Waals surface area (Å²) in [6.07, 6.45) is 2.35. The summed E-state index contributed by atoms with van der Waals surface area (Å²) in [5, 5.41) is 12.5. The maximum Gasteiger partial charge on any atom is 0.266 e. The Hall–Kier alpha value is -3.33. The maximum atomic E-state index is 13.1. The van der Waals surface area contributed by atoms with Gasteiger partial charge in [-0.3, -0.25) is 4.79 Å². The highest BCUT2D eigenvalue weighted by atomic mass is 19.1. The number of nitriles is 1. The lowest BCUT2D eigenvalue weighted by Crippen LogP contribution is -2.49. The quantitative estimate of drug-likeness (QED) is 0.638. The Morgan fingerprint density at radius 2 is 1.82 bits per heavy atom. The largest absolute Gasteiger partial charge is 0.368 e. The molecule has 3 rings (SSSR count). The molecule has 0 saturated carbocycles. The van der Waals surface area contributed by atoms with Crippen LogP contribution in [0.1, 0.15) is 12.5 Å². The molecule has 1 aliphatic heterocycles. The van der Waals surface area contributed by atoms with E-state index in [0.717, 1.165) is 23.4 Å². The van der Waals surface area contributed by atoms with Gasteiger partial charge < -0.3 is 15.1 Å². The number of carbonyl (C=O) groups excluding carboxylic acids is 1. The van der Waals surface area contributed by atoms with Gasteiger partial charge in [0.05, 0.1) is 0 Å². The molecule has 1 fully saturated rings. The van der Waals surface area contributed by atoms with E-state index in [1.165, 1.54) is 18.3 Å². The number of rotatable bonds is 5. The number of para-hydroxylation sites is 1. The fourth-order valence-electron chi connectivity index (χ4n) is 3.25. The molecule has 0 unspecified atom stereocenters. The van der Waals surface area contributed by atoms with Crippen LogP contribution in [0.25, 0.3) is 0 Å². The predicted molar refractivity (Wildman–Crippen MR) is 108 cm³/mol. The second kappa shape index (κ2) is 9.05. The number of hydrogen-bond acceptors (Lipinski definition) is 4. The standard InChI is InChI=1S/C22H23FN4O/c1-2-17-5-3-4-6-21(17)25-16-18(15-24)22(28)27-13-11-26(12-14-27)20-9-7-19(23)8-10-20/h3-10,16,25H,2,11-14H2,1H3/b18-16-. The highest BCUT2D eigenvalue weighted by Gasteiger charge is 2.24. The van der Waals surface area contributed by atoms with Gasteiger partial charge in [0.15, 0.2) is 0 Å². The molecule has 0 bridgehead atoms. The lowest BCUT2D eigenvalue weighted by atomic mass is 10.1. The number of anilines is 2. The fourth-order valence-corrected chi connectivity index (χ4v) is 3.25. The minimum Gasteiger partial charge on any atom is -0.368 e. The van der Waals surface area contributed by atoms with E-state index in [0.29, 0.717) is 26.2 Å². The van der Waals surface area contributed by atoms with E-state index < -0.39 is 0 Å². The van der Waals surface area contributed by atoms with Gasteiger partial charge in [-0.15, -0.1) is 0 Å². The lowest BCUT2D eigenvalue weighted by molar-refractivity contribution is -0.127. The number of halogens is 1. The van der Waals surface area contributed by atoms with E-state index in [1.54, 1.807) is 17.0 Å². The van der Waals surface area contributed by atoms with Gasteiger partial charge in [0, 0.05) is 43.8 Å². The molecule has 2 aromatic rings. The molecule has 0 radical (unpaired) electrons. The van der Waals surface area contributed by atoms with Crippen LogP contribution in [0.5, 0.6) is 0 Å². The number of amides is 1. The minimum atomic E-state index is -0.275. The lowest BCUT2D eigenvalue weighted by Gasteiger charge is -2.36.